The molecule has 0 spiro atoms. The number of nitrogens with zero attached hydrogens (tertiary/aromatic N) is 2. The molecule has 4 heteroatoms. The molecule has 23 heavy (non-hydrogen) atoms. The van der Waals surface area contributed by atoms with Gasteiger partial charge in [0.25, 0.3) is 5.92 Å². The van der Waals surface area contributed by atoms with Crippen LogP contribution in [0.25, 0.3) is 0 Å². The van der Waals surface area contributed by atoms with E-state index in [-0.39, 0.29) is 13.1 Å². The third-order valence-electron chi connectivity index (χ3n) is 3.59. The van der Waals surface area contributed by atoms with Gasteiger partial charge in [0.1, 0.15) is 0 Å². The van der Waals surface area contributed by atoms with Crippen LogP contribution in [-0.4, -0.2) is 42.9 Å². The molecule has 0 atom stereocenters. The van der Waals surface area contributed by atoms with Gasteiger partial charge in [-0.25, -0.2) is 8.78 Å². The van der Waals surface area contributed by atoms with Crippen molar-refractivity contribution in [1.29, 1.82) is 0 Å². The first-order valence-electron chi connectivity index (χ1n) is 7.77. The lowest BCUT2D eigenvalue weighted by molar-refractivity contribution is -0.0513. The predicted molar refractivity (Wildman–Crippen MR) is 90.5 cm³/mol. The molecule has 0 amide bonds. The van der Waals surface area contributed by atoms with Crippen molar-refractivity contribution in [3.05, 3.63) is 71.8 Å². The van der Waals surface area contributed by atoms with Gasteiger partial charge < -0.3 is 0 Å². The molecule has 0 radical (unpaired) electrons. The lowest BCUT2D eigenvalue weighted by atomic mass is 10.2. The summed E-state index contributed by atoms with van der Waals surface area (Å²) in [6.45, 7) is 0.555. The molecule has 0 aliphatic heterocycles. The molecule has 124 valence electrons. The van der Waals surface area contributed by atoms with Crippen LogP contribution in [-0.2, 0) is 13.1 Å². The van der Waals surface area contributed by atoms with Gasteiger partial charge in [-0.3, -0.25) is 9.80 Å². The highest BCUT2D eigenvalue weighted by atomic mass is 19.3. The molecule has 0 aliphatic carbocycles. The van der Waals surface area contributed by atoms with Crippen LogP contribution in [0.2, 0.25) is 0 Å². The minimum absolute atomic E-state index is 0.249. The molecule has 0 aliphatic rings. The molecular formula is C19H24F2N2. The van der Waals surface area contributed by atoms with Crippen molar-refractivity contribution in [2.24, 2.45) is 0 Å². The Morgan fingerprint density at radius 1 is 0.696 bits per heavy atom. The van der Waals surface area contributed by atoms with Crippen molar-refractivity contribution >= 4 is 0 Å². The van der Waals surface area contributed by atoms with E-state index in [1.54, 1.807) is 23.9 Å². The van der Waals surface area contributed by atoms with Crippen molar-refractivity contribution in [3.8, 4) is 0 Å². The maximum Gasteiger partial charge on any atom is 0.272 e. The zero-order valence-electron chi connectivity index (χ0n) is 13.8. The highest BCUT2D eigenvalue weighted by molar-refractivity contribution is 5.15. The molecule has 2 nitrogen and oxygen atoms in total. The second-order valence-electron chi connectivity index (χ2n) is 6.17. The fraction of sp³-hybridized carbons (Fsp3) is 0.368. The first-order valence-corrected chi connectivity index (χ1v) is 7.77. The van der Waals surface area contributed by atoms with Gasteiger partial charge in [0.2, 0.25) is 0 Å². The zero-order valence-corrected chi connectivity index (χ0v) is 13.8. The number of benzene rings is 2. The van der Waals surface area contributed by atoms with Gasteiger partial charge >= 0.3 is 0 Å². The number of hydrogen-bond acceptors (Lipinski definition) is 2. The van der Waals surface area contributed by atoms with Crippen LogP contribution >= 0.6 is 0 Å². The Bertz CT molecular complexity index is 521. The van der Waals surface area contributed by atoms with Crippen molar-refractivity contribution in [2.75, 3.05) is 27.2 Å². The summed E-state index contributed by atoms with van der Waals surface area (Å²) in [4.78, 5) is 3.34. The Balaban J connectivity index is 1.83. The summed E-state index contributed by atoms with van der Waals surface area (Å²) >= 11 is 0. The summed E-state index contributed by atoms with van der Waals surface area (Å²) in [5.74, 6) is -2.74. The Morgan fingerprint density at radius 2 is 1.04 bits per heavy atom. The first kappa shape index (κ1) is 17.6. The number of hydrogen-bond donors (Lipinski definition) is 0. The number of rotatable bonds is 8. The Morgan fingerprint density at radius 3 is 1.39 bits per heavy atom. The summed E-state index contributed by atoms with van der Waals surface area (Å²) < 4.78 is 28.5. The van der Waals surface area contributed by atoms with Gasteiger partial charge in [-0.2, -0.15) is 0 Å². The van der Waals surface area contributed by atoms with Gasteiger partial charge in [0.15, 0.2) is 0 Å². The molecule has 0 aromatic heterocycles. The van der Waals surface area contributed by atoms with Crippen LogP contribution in [0.5, 0.6) is 0 Å². The van der Waals surface area contributed by atoms with Crippen molar-refractivity contribution < 1.29 is 8.78 Å². The molecule has 2 aromatic carbocycles. The minimum atomic E-state index is -2.74. The van der Waals surface area contributed by atoms with E-state index in [4.69, 9.17) is 0 Å². The lowest BCUT2D eigenvalue weighted by Crippen LogP contribution is -2.42. The van der Waals surface area contributed by atoms with Crippen molar-refractivity contribution in [3.63, 3.8) is 0 Å². The van der Waals surface area contributed by atoms with Crippen LogP contribution in [0.1, 0.15) is 11.1 Å². The molecule has 0 fully saturated rings. The highest BCUT2D eigenvalue weighted by Gasteiger charge is 2.32. The first-order chi connectivity index (χ1) is 10.9. The maximum absolute atomic E-state index is 14.2. The van der Waals surface area contributed by atoms with E-state index in [9.17, 15) is 8.78 Å². The van der Waals surface area contributed by atoms with E-state index in [0.29, 0.717) is 13.1 Å². The summed E-state index contributed by atoms with van der Waals surface area (Å²) in [5, 5.41) is 0. The smallest absolute Gasteiger partial charge is 0.272 e. The van der Waals surface area contributed by atoms with Gasteiger partial charge in [0, 0.05) is 13.1 Å². The van der Waals surface area contributed by atoms with Crippen molar-refractivity contribution in [2.45, 2.75) is 19.0 Å². The van der Waals surface area contributed by atoms with E-state index >= 15 is 0 Å². The third kappa shape index (κ3) is 6.47. The molecule has 0 bridgehead atoms. The Hall–Kier alpha value is -1.78. The topological polar surface area (TPSA) is 6.48 Å². The SMILES string of the molecule is CN(Cc1ccccc1)CC(F)(F)CN(C)Cc1ccccc1. The normalized spacial score (nSPS) is 12.1. The van der Waals surface area contributed by atoms with Crippen LogP contribution in [0.15, 0.2) is 60.7 Å². The fourth-order valence-electron chi connectivity index (χ4n) is 2.74. The monoisotopic (exact) mass is 318 g/mol. The van der Waals surface area contributed by atoms with E-state index in [0.717, 1.165) is 11.1 Å². The van der Waals surface area contributed by atoms with E-state index < -0.39 is 5.92 Å². The summed E-state index contributed by atoms with van der Waals surface area (Å²) in [6.07, 6.45) is 0. The van der Waals surface area contributed by atoms with Gasteiger partial charge in [-0.15, -0.1) is 0 Å². The number of halogens is 2. The second-order valence-corrected chi connectivity index (χ2v) is 6.17. The molecule has 0 unspecified atom stereocenters. The molecule has 0 N–H and O–H groups in total. The molecule has 0 heterocycles. The predicted octanol–water partition coefficient (Wildman–Crippen LogP) is 3.89. The average Bonchev–Trinajstić information content (AvgIpc) is 2.47. The largest absolute Gasteiger partial charge is 0.296 e. The second kappa shape index (κ2) is 8.18. The van der Waals surface area contributed by atoms with E-state index in [1.165, 1.54) is 0 Å². The molecular weight excluding hydrogens is 294 g/mol. The van der Waals surface area contributed by atoms with E-state index in [2.05, 4.69) is 0 Å². The molecule has 2 rings (SSSR count). The van der Waals surface area contributed by atoms with Crippen LogP contribution in [0.3, 0.4) is 0 Å². The van der Waals surface area contributed by atoms with Gasteiger partial charge in [-0.1, -0.05) is 60.7 Å². The minimum Gasteiger partial charge on any atom is -0.296 e. The van der Waals surface area contributed by atoms with Gasteiger partial charge in [0.05, 0.1) is 13.1 Å². The lowest BCUT2D eigenvalue weighted by Gasteiger charge is -2.28. The Kier molecular flexibility index (Phi) is 6.25. The van der Waals surface area contributed by atoms with Crippen LogP contribution in [0, 0.1) is 0 Å². The highest BCUT2D eigenvalue weighted by Crippen LogP contribution is 2.18. The standard InChI is InChI=1S/C19H24F2N2/c1-22(13-17-9-5-3-6-10-17)15-19(20,21)16-23(2)14-18-11-7-4-8-12-18/h3-12H,13-16H2,1-2H3. The van der Waals surface area contributed by atoms with Crippen LogP contribution < -0.4 is 0 Å². The van der Waals surface area contributed by atoms with Gasteiger partial charge in [-0.05, 0) is 25.2 Å². The number of alkyl halides is 2. The average molecular weight is 318 g/mol. The molecule has 0 saturated carbocycles. The fourth-order valence-corrected chi connectivity index (χ4v) is 2.74. The third-order valence-corrected chi connectivity index (χ3v) is 3.59. The zero-order chi connectivity index (χ0) is 16.7. The van der Waals surface area contributed by atoms with Crippen LogP contribution in [0.4, 0.5) is 8.78 Å². The summed E-state index contributed by atoms with van der Waals surface area (Å²) in [7, 11) is 3.47. The quantitative estimate of drug-likeness (QED) is 0.729. The maximum atomic E-state index is 14.2. The summed E-state index contributed by atoms with van der Waals surface area (Å²) in [5.41, 5.74) is 2.09. The van der Waals surface area contributed by atoms with Crippen molar-refractivity contribution in [1.82, 2.24) is 9.80 Å². The molecule has 0 saturated heterocycles. The summed E-state index contributed by atoms with van der Waals surface area (Å²) in [6, 6.07) is 19.4. The molecule has 2 aromatic rings. The Labute approximate surface area is 137 Å². The van der Waals surface area contributed by atoms with E-state index in [1.807, 2.05) is 60.7 Å².